The summed E-state index contributed by atoms with van der Waals surface area (Å²) in [7, 11) is 0. The third-order valence-corrected chi connectivity index (χ3v) is 6.16. The number of benzene rings is 2. The second-order valence-corrected chi connectivity index (χ2v) is 8.48. The number of carbonyl (C=O) groups is 1. The van der Waals surface area contributed by atoms with Crippen LogP contribution in [0.3, 0.4) is 0 Å². The summed E-state index contributed by atoms with van der Waals surface area (Å²) < 4.78 is 1.81. The SMILES string of the molecule is Cc1nn(Cc2ccc(Cl)c(Cl)c2)c(C)c1NC(=O)[C@H]1CC(c2ccccc2Cl)=NO1. The lowest BCUT2D eigenvalue weighted by atomic mass is 10.0. The third-order valence-electron chi connectivity index (χ3n) is 5.09. The van der Waals surface area contributed by atoms with Crippen molar-refractivity contribution in [1.29, 1.82) is 0 Å². The highest BCUT2D eigenvalue weighted by Crippen LogP contribution is 2.27. The van der Waals surface area contributed by atoms with E-state index in [0.29, 0.717) is 45.1 Å². The first-order chi connectivity index (χ1) is 14.8. The number of aromatic nitrogens is 2. The van der Waals surface area contributed by atoms with Crippen LogP contribution >= 0.6 is 34.8 Å². The van der Waals surface area contributed by atoms with Gasteiger partial charge in [-0.25, -0.2) is 0 Å². The van der Waals surface area contributed by atoms with Crippen molar-refractivity contribution in [2.45, 2.75) is 32.9 Å². The number of halogens is 3. The van der Waals surface area contributed by atoms with Crippen molar-refractivity contribution in [2.24, 2.45) is 5.16 Å². The minimum atomic E-state index is -0.733. The number of anilines is 1. The Bertz CT molecular complexity index is 1190. The van der Waals surface area contributed by atoms with Crippen LogP contribution in [0.25, 0.3) is 0 Å². The highest BCUT2D eigenvalue weighted by atomic mass is 35.5. The van der Waals surface area contributed by atoms with E-state index < -0.39 is 6.10 Å². The minimum Gasteiger partial charge on any atom is -0.382 e. The molecule has 6 nitrogen and oxygen atoms in total. The van der Waals surface area contributed by atoms with Gasteiger partial charge in [-0.15, -0.1) is 0 Å². The van der Waals surface area contributed by atoms with E-state index in [9.17, 15) is 4.79 Å². The molecule has 31 heavy (non-hydrogen) atoms. The molecule has 2 aromatic carbocycles. The van der Waals surface area contributed by atoms with Gasteiger partial charge in [0.25, 0.3) is 5.91 Å². The molecule has 0 aliphatic carbocycles. The molecule has 3 aromatic rings. The van der Waals surface area contributed by atoms with E-state index in [1.165, 1.54) is 0 Å². The second-order valence-electron chi connectivity index (χ2n) is 7.26. The molecule has 0 radical (unpaired) electrons. The second kappa shape index (κ2) is 8.91. The van der Waals surface area contributed by atoms with Crippen LogP contribution in [0.2, 0.25) is 15.1 Å². The zero-order chi connectivity index (χ0) is 22.1. The van der Waals surface area contributed by atoms with E-state index in [4.69, 9.17) is 39.6 Å². The van der Waals surface area contributed by atoms with E-state index in [1.807, 2.05) is 42.8 Å². The van der Waals surface area contributed by atoms with Gasteiger partial charge in [-0.05, 0) is 37.6 Å². The molecular formula is C22H19Cl3N4O2. The monoisotopic (exact) mass is 476 g/mol. The van der Waals surface area contributed by atoms with Crippen molar-refractivity contribution in [3.8, 4) is 0 Å². The van der Waals surface area contributed by atoms with E-state index in [2.05, 4.69) is 15.6 Å². The van der Waals surface area contributed by atoms with E-state index in [0.717, 1.165) is 16.8 Å². The van der Waals surface area contributed by atoms with Crippen LogP contribution in [0.15, 0.2) is 47.6 Å². The fraction of sp³-hybridized carbons (Fsp3) is 0.227. The molecule has 1 aliphatic rings. The van der Waals surface area contributed by atoms with Crippen molar-refractivity contribution in [1.82, 2.24) is 9.78 Å². The molecule has 0 fully saturated rings. The number of nitrogens with one attached hydrogen (secondary N) is 1. The van der Waals surface area contributed by atoms with Crippen LogP contribution < -0.4 is 5.32 Å². The molecular weight excluding hydrogens is 459 g/mol. The van der Waals surface area contributed by atoms with E-state index in [1.54, 1.807) is 18.2 Å². The molecule has 9 heteroatoms. The van der Waals surface area contributed by atoms with Crippen LogP contribution in [0.5, 0.6) is 0 Å². The van der Waals surface area contributed by atoms with Gasteiger partial charge < -0.3 is 10.2 Å². The lowest BCUT2D eigenvalue weighted by Gasteiger charge is -2.11. The predicted octanol–water partition coefficient (Wildman–Crippen LogP) is 5.64. The highest BCUT2D eigenvalue weighted by molar-refractivity contribution is 6.42. The van der Waals surface area contributed by atoms with Crippen LogP contribution in [-0.4, -0.2) is 27.5 Å². The topological polar surface area (TPSA) is 68.5 Å². The number of carbonyl (C=O) groups excluding carboxylic acids is 1. The molecule has 1 aliphatic heterocycles. The van der Waals surface area contributed by atoms with Gasteiger partial charge in [0, 0.05) is 17.0 Å². The van der Waals surface area contributed by atoms with Crippen LogP contribution in [-0.2, 0) is 16.2 Å². The number of aryl methyl sites for hydroxylation is 1. The van der Waals surface area contributed by atoms with Gasteiger partial charge in [-0.2, -0.15) is 5.10 Å². The molecule has 1 aromatic heterocycles. The first-order valence-electron chi connectivity index (χ1n) is 9.60. The van der Waals surface area contributed by atoms with Gasteiger partial charge in [-0.1, -0.05) is 64.2 Å². The Hall–Kier alpha value is -2.54. The van der Waals surface area contributed by atoms with Gasteiger partial charge in [0.2, 0.25) is 6.10 Å². The van der Waals surface area contributed by atoms with Crippen molar-refractivity contribution in [3.63, 3.8) is 0 Å². The molecule has 4 rings (SSSR count). The minimum absolute atomic E-state index is 0.286. The predicted molar refractivity (Wildman–Crippen MR) is 123 cm³/mol. The Kier molecular flexibility index (Phi) is 6.23. The standard InChI is InChI=1S/C22H19Cl3N4O2/c1-12-21(13(2)29(27-12)11-14-7-8-17(24)18(25)9-14)26-22(30)20-10-19(28-31-20)15-5-3-4-6-16(15)23/h3-9,20H,10-11H2,1-2H3,(H,26,30)/t20-/m1/s1. The summed E-state index contributed by atoms with van der Waals surface area (Å²) in [6.45, 7) is 4.24. The van der Waals surface area contributed by atoms with Crippen molar-refractivity contribution in [3.05, 3.63) is 80.0 Å². The first kappa shape index (κ1) is 21.7. The Morgan fingerprint density at radius 1 is 1.13 bits per heavy atom. The molecule has 1 atom stereocenters. The molecule has 0 spiro atoms. The summed E-state index contributed by atoms with van der Waals surface area (Å²) in [6.07, 6.45) is -0.395. The first-order valence-corrected chi connectivity index (χ1v) is 10.7. The average Bonchev–Trinajstić information content (AvgIpc) is 3.32. The summed E-state index contributed by atoms with van der Waals surface area (Å²) in [4.78, 5) is 18.2. The summed E-state index contributed by atoms with van der Waals surface area (Å²) >= 11 is 18.3. The molecule has 2 heterocycles. The highest BCUT2D eigenvalue weighted by Gasteiger charge is 2.30. The summed E-state index contributed by atoms with van der Waals surface area (Å²) in [5.41, 5.74) is 4.55. The maximum atomic E-state index is 12.8. The number of oxime groups is 1. The third kappa shape index (κ3) is 4.56. The lowest BCUT2D eigenvalue weighted by molar-refractivity contribution is -0.125. The Labute approximate surface area is 194 Å². The van der Waals surface area contributed by atoms with Crippen LogP contribution in [0, 0.1) is 13.8 Å². The quantitative estimate of drug-likeness (QED) is 0.517. The Morgan fingerprint density at radius 3 is 2.65 bits per heavy atom. The lowest BCUT2D eigenvalue weighted by Crippen LogP contribution is -2.28. The largest absolute Gasteiger partial charge is 0.382 e. The molecule has 0 unspecified atom stereocenters. The zero-order valence-corrected chi connectivity index (χ0v) is 19.1. The van der Waals surface area contributed by atoms with Gasteiger partial charge >= 0.3 is 0 Å². The van der Waals surface area contributed by atoms with E-state index >= 15 is 0 Å². The number of hydrogen-bond donors (Lipinski definition) is 1. The summed E-state index contributed by atoms with van der Waals surface area (Å²) in [5.74, 6) is -0.286. The molecule has 0 bridgehead atoms. The Morgan fingerprint density at radius 2 is 1.90 bits per heavy atom. The van der Waals surface area contributed by atoms with E-state index in [-0.39, 0.29) is 5.91 Å². The van der Waals surface area contributed by atoms with Crippen LogP contribution in [0.4, 0.5) is 5.69 Å². The van der Waals surface area contributed by atoms with Gasteiger partial charge in [0.15, 0.2) is 0 Å². The van der Waals surface area contributed by atoms with Crippen LogP contribution in [0.1, 0.15) is 28.9 Å². The van der Waals surface area contributed by atoms with Crippen molar-refractivity contribution < 1.29 is 9.63 Å². The van der Waals surface area contributed by atoms with Gasteiger partial charge in [0.1, 0.15) is 0 Å². The molecule has 1 N–H and O–H groups in total. The summed E-state index contributed by atoms with van der Waals surface area (Å²) in [5, 5.41) is 13.1. The molecule has 0 saturated carbocycles. The molecule has 1 amide bonds. The van der Waals surface area contributed by atoms with Crippen molar-refractivity contribution >= 4 is 52.1 Å². The van der Waals surface area contributed by atoms with Gasteiger partial charge in [-0.3, -0.25) is 9.48 Å². The number of rotatable bonds is 5. The normalized spacial score (nSPS) is 15.5. The summed E-state index contributed by atoms with van der Waals surface area (Å²) in [6, 6.07) is 12.8. The fourth-order valence-corrected chi connectivity index (χ4v) is 3.98. The maximum Gasteiger partial charge on any atom is 0.268 e. The number of nitrogens with zero attached hydrogens (tertiary/aromatic N) is 3. The Balaban J connectivity index is 1.45. The smallest absolute Gasteiger partial charge is 0.268 e. The average molecular weight is 478 g/mol. The number of amides is 1. The number of hydrogen-bond acceptors (Lipinski definition) is 4. The maximum absolute atomic E-state index is 12.8. The fourth-order valence-electron chi connectivity index (χ4n) is 3.42. The zero-order valence-electron chi connectivity index (χ0n) is 16.8. The molecule has 0 saturated heterocycles. The van der Waals surface area contributed by atoms with Crippen molar-refractivity contribution in [2.75, 3.05) is 5.32 Å². The van der Waals surface area contributed by atoms with Gasteiger partial charge in [0.05, 0.1) is 39.4 Å². The molecule has 160 valence electrons.